The normalized spacial score (nSPS) is 13.0. The Bertz CT molecular complexity index is 265. The molecule has 0 spiro atoms. The molecule has 11 heavy (non-hydrogen) atoms. The summed E-state index contributed by atoms with van der Waals surface area (Å²) in [6, 6.07) is 0. The molecule has 1 N–H and O–H groups in total. The van der Waals surface area contributed by atoms with E-state index in [9.17, 15) is 4.79 Å². The van der Waals surface area contributed by atoms with Gasteiger partial charge in [0.15, 0.2) is 5.82 Å². The second-order valence-corrected chi connectivity index (χ2v) is 2.40. The number of aliphatic hydroxyl groups excluding tert-OH is 1. The Hall–Kier alpha value is -1.16. The number of aliphatic hydroxyl groups is 1. The van der Waals surface area contributed by atoms with E-state index in [-0.39, 0.29) is 5.78 Å². The van der Waals surface area contributed by atoms with Crippen LogP contribution >= 0.6 is 0 Å². The molecule has 1 heterocycles. The maximum atomic E-state index is 11.1. The molecule has 0 saturated carbocycles. The SMILES string of the molecule is CC(O)C(=O)c1nccn1C. The zero-order valence-electron chi connectivity index (χ0n) is 6.48. The van der Waals surface area contributed by atoms with Crippen molar-refractivity contribution in [3.63, 3.8) is 0 Å². The third kappa shape index (κ3) is 1.46. The smallest absolute Gasteiger partial charge is 0.226 e. The number of aromatic nitrogens is 2. The van der Waals surface area contributed by atoms with Gasteiger partial charge in [0.1, 0.15) is 6.10 Å². The third-order valence-electron chi connectivity index (χ3n) is 1.42. The Balaban J connectivity index is 2.93. The number of carbonyl (C=O) groups excluding carboxylic acids is 1. The molecule has 1 rings (SSSR count). The Kier molecular flexibility index (Phi) is 2.05. The number of carbonyl (C=O) groups is 1. The van der Waals surface area contributed by atoms with Crippen molar-refractivity contribution in [3.05, 3.63) is 18.2 Å². The number of ketones is 1. The minimum Gasteiger partial charge on any atom is -0.385 e. The molecule has 1 atom stereocenters. The lowest BCUT2D eigenvalue weighted by molar-refractivity contribution is 0.0765. The highest BCUT2D eigenvalue weighted by Crippen LogP contribution is 1.98. The van der Waals surface area contributed by atoms with Crippen molar-refractivity contribution in [1.29, 1.82) is 0 Å². The molecule has 0 fully saturated rings. The number of Topliss-reactive ketones (excluding diaryl/α,β-unsaturated/α-hetero) is 1. The molecular formula is C7H10N2O2. The van der Waals surface area contributed by atoms with Crippen molar-refractivity contribution < 1.29 is 9.90 Å². The molecule has 0 saturated heterocycles. The lowest BCUT2D eigenvalue weighted by atomic mass is 10.2. The first-order chi connectivity index (χ1) is 5.13. The van der Waals surface area contributed by atoms with Gasteiger partial charge in [-0.2, -0.15) is 0 Å². The van der Waals surface area contributed by atoms with Crippen LogP contribution in [0.5, 0.6) is 0 Å². The molecule has 0 aliphatic carbocycles. The number of hydrogen-bond acceptors (Lipinski definition) is 3. The molecule has 0 radical (unpaired) electrons. The summed E-state index contributed by atoms with van der Waals surface area (Å²) < 4.78 is 1.58. The number of aryl methyl sites for hydroxylation is 1. The van der Waals surface area contributed by atoms with Crippen LogP contribution in [-0.2, 0) is 7.05 Å². The first-order valence-corrected chi connectivity index (χ1v) is 3.32. The summed E-state index contributed by atoms with van der Waals surface area (Å²) in [5, 5.41) is 8.91. The van der Waals surface area contributed by atoms with Crippen LogP contribution < -0.4 is 0 Å². The summed E-state index contributed by atoms with van der Waals surface area (Å²) >= 11 is 0. The van der Waals surface area contributed by atoms with Crippen LogP contribution in [0.15, 0.2) is 12.4 Å². The largest absolute Gasteiger partial charge is 0.385 e. The quantitative estimate of drug-likeness (QED) is 0.609. The minimum absolute atomic E-state index is 0.292. The van der Waals surface area contributed by atoms with E-state index in [0.29, 0.717) is 5.82 Å². The number of rotatable bonds is 2. The van der Waals surface area contributed by atoms with Crippen LogP contribution in [-0.4, -0.2) is 26.5 Å². The highest BCUT2D eigenvalue weighted by Gasteiger charge is 2.15. The molecule has 0 bridgehead atoms. The molecule has 60 valence electrons. The van der Waals surface area contributed by atoms with Crippen molar-refractivity contribution in [1.82, 2.24) is 9.55 Å². The summed E-state index contributed by atoms with van der Waals surface area (Å²) in [4.78, 5) is 14.9. The average molecular weight is 154 g/mol. The van der Waals surface area contributed by atoms with Crippen LogP contribution in [0.4, 0.5) is 0 Å². The van der Waals surface area contributed by atoms with E-state index in [1.54, 1.807) is 17.8 Å². The standard InChI is InChI=1S/C7H10N2O2/c1-5(10)6(11)7-8-3-4-9(7)2/h3-5,10H,1-2H3. The molecule has 0 amide bonds. The van der Waals surface area contributed by atoms with E-state index < -0.39 is 6.10 Å². The van der Waals surface area contributed by atoms with Gasteiger partial charge in [0, 0.05) is 19.4 Å². The van der Waals surface area contributed by atoms with E-state index in [1.807, 2.05) is 0 Å². The number of hydrogen-bond donors (Lipinski definition) is 1. The highest BCUT2D eigenvalue weighted by molar-refractivity contribution is 5.95. The first-order valence-electron chi connectivity index (χ1n) is 3.32. The Morgan fingerprint density at radius 3 is 2.82 bits per heavy atom. The summed E-state index contributed by atoms with van der Waals surface area (Å²) in [5.41, 5.74) is 0. The average Bonchev–Trinajstić information content (AvgIpc) is 2.33. The van der Waals surface area contributed by atoms with E-state index >= 15 is 0 Å². The van der Waals surface area contributed by atoms with E-state index in [2.05, 4.69) is 4.98 Å². The summed E-state index contributed by atoms with van der Waals surface area (Å²) in [6.45, 7) is 1.43. The van der Waals surface area contributed by atoms with Gasteiger partial charge >= 0.3 is 0 Å². The van der Waals surface area contributed by atoms with Gasteiger partial charge in [0.05, 0.1) is 0 Å². The fourth-order valence-electron chi connectivity index (χ4n) is 0.790. The van der Waals surface area contributed by atoms with E-state index in [1.165, 1.54) is 13.1 Å². The lowest BCUT2D eigenvalue weighted by Crippen LogP contribution is -2.19. The van der Waals surface area contributed by atoms with Gasteiger partial charge in [-0.15, -0.1) is 0 Å². The van der Waals surface area contributed by atoms with Crippen LogP contribution in [0.3, 0.4) is 0 Å². The Labute approximate surface area is 64.5 Å². The topological polar surface area (TPSA) is 55.1 Å². The van der Waals surface area contributed by atoms with Crippen molar-refractivity contribution in [2.45, 2.75) is 13.0 Å². The second kappa shape index (κ2) is 2.84. The van der Waals surface area contributed by atoms with Gasteiger partial charge in [0.2, 0.25) is 5.78 Å². The van der Waals surface area contributed by atoms with Gasteiger partial charge in [-0.3, -0.25) is 4.79 Å². The molecule has 1 unspecified atom stereocenters. The fourth-order valence-corrected chi connectivity index (χ4v) is 0.790. The Morgan fingerprint density at radius 1 is 1.82 bits per heavy atom. The molecule has 0 aliphatic rings. The third-order valence-corrected chi connectivity index (χ3v) is 1.42. The predicted octanol–water partition coefficient (Wildman–Crippen LogP) is -0.0164. The van der Waals surface area contributed by atoms with Gasteiger partial charge in [0.25, 0.3) is 0 Å². The van der Waals surface area contributed by atoms with Crippen LogP contribution in [0.2, 0.25) is 0 Å². The monoisotopic (exact) mass is 154 g/mol. The molecule has 0 aliphatic heterocycles. The number of nitrogens with zero attached hydrogens (tertiary/aromatic N) is 2. The lowest BCUT2D eigenvalue weighted by Gasteiger charge is -2.01. The molecule has 4 heteroatoms. The summed E-state index contributed by atoms with van der Waals surface area (Å²) in [6.07, 6.45) is 2.21. The molecule has 1 aromatic heterocycles. The molecular weight excluding hydrogens is 144 g/mol. The highest BCUT2D eigenvalue weighted by atomic mass is 16.3. The van der Waals surface area contributed by atoms with Crippen LogP contribution in [0.1, 0.15) is 17.5 Å². The van der Waals surface area contributed by atoms with Crippen LogP contribution in [0.25, 0.3) is 0 Å². The number of imidazole rings is 1. The minimum atomic E-state index is -0.976. The van der Waals surface area contributed by atoms with Crippen molar-refractivity contribution in [2.75, 3.05) is 0 Å². The molecule has 4 nitrogen and oxygen atoms in total. The van der Waals surface area contributed by atoms with E-state index in [4.69, 9.17) is 5.11 Å². The van der Waals surface area contributed by atoms with Crippen molar-refractivity contribution in [2.24, 2.45) is 7.05 Å². The predicted molar refractivity (Wildman–Crippen MR) is 39.2 cm³/mol. The van der Waals surface area contributed by atoms with Gasteiger partial charge in [-0.1, -0.05) is 0 Å². The fraction of sp³-hybridized carbons (Fsp3) is 0.429. The first kappa shape index (κ1) is 7.94. The van der Waals surface area contributed by atoms with E-state index in [0.717, 1.165) is 0 Å². The maximum Gasteiger partial charge on any atom is 0.226 e. The maximum absolute atomic E-state index is 11.1. The zero-order chi connectivity index (χ0) is 8.43. The van der Waals surface area contributed by atoms with Gasteiger partial charge in [-0.05, 0) is 6.92 Å². The van der Waals surface area contributed by atoms with Gasteiger partial charge < -0.3 is 9.67 Å². The molecule has 1 aromatic rings. The van der Waals surface area contributed by atoms with Gasteiger partial charge in [-0.25, -0.2) is 4.98 Å². The molecule has 0 aromatic carbocycles. The van der Waals surface area contributed by atoms with Crippen molar-refractivity contribution in [3.8, 4) is 0 Å². The summed E-state index contributed by atoms with van der Waals surface area (Å²) in [7, 11) is 1.71. The second-order valence-electron chi connectivity index (χ2n) is 2.40. The Morgan fingerprint density at radius 2 is 2.45 bits per heavy atom. The summed E-state index contributed by atoms with van der Waals surface area (Å²) in [5.74, 6) is -0.0579. The zero-order valence-corrected chi connectivity index (χ0v) is 6.48. The van der Waals surface area contributed by atoms with Crippen molar-refractivity contribution >= 4 is 5.78 Å². The van der Waals surface area contributed by atoms with Crippen LogP contribution in [0, 0.1) is 0 Å².